The second-order valence-corrected chi connectivity index (χ2v) is 6.73. The van der Waals surface area contributed by atoms with Crippen molar-refractivity contribution in [3.05, 3.63) is 86.4 Å². The van der Waals surface area contributed by atoms with E-state index in [1.807, 2.05) is 25.1 Å². The van der Waals surface area contributed by atoms with Crippen LogP contribution in [0.2, 0.25) is 5.02 Å². The summed E-state index contributed by atoms with van der Waals surface area (Å²) >= 11 is 5.98. The first-order chi connectivity index (χ1) is 12.4. The molecule has 0 aliphatic heterocycles. The Balaban J connectivity index is 1.98. The van der Waals surface area contributed by atoms with Gasteiger partial charge in [-0.2, -0.15) is 0 Å². The first-order valence-corrected chi connectivity index (χ1v) is 8.55. The quantitative estimate of drug-likeness (QED) is 0.331. The van der Waals surface area contributed by atoms with Crippen LogP contribution in [-0.2, 0) is 16.0 Å². The van der Waals surface area contributed by atoms with Crippen LogP contribution in [0.25, 0.3) is 0 Å². The number of carbonyl (C=O) groups is 1. The van der Waals surface area contributed by atoms with Gasteiger partial charge in [0.25, 0.3) is 5.69 Å². The molecule has 1 saturated carbocycles. The van der Waals surface area contributed by atoms with Crippen molar-refractivity contribution in [3.8, 4) is 0 Å². The highest BCUT2D eigenvalue weighted by Gasteiger charge is 2.65. The maximum atomic E-state index is 12.7. The Morgan fingerprint density at radius 2 is 1.85 bits per heavy atom. The SMILES string of the molecule is C/C=C1\[C@@H](c2ccc(Cl)cc2)[C@@]1(Cc1ccc([N+](=O)[O-])cc1)C(=O)OC. The van der Waals surface area contributed by atoms with E-state index in [4.69, 9.17) is 16.3 Å². The molecule has 5 nitrogen and oxygen atoms in total. The van der Waals surface area contributed by atoms with Gasteiger partial charge in [0.1, 0.15) is 5.41 Å². The van der Waals surface area contributed by atoms with Crippen molar-refractivity contribution >= 4 is 23.3 Å². The molecule has 0 saturated heterocycles. The molecule has 0 spiro atoms. The van der Waals surface area contributed by atoms with E-state index in [1.165, 1.54) is 19.2 Å². The normalized spacial score (nSPS) is 22.9. The lowest BCUT2D eigenvalue weighted by Gasteiger charge is -2.15. The molecular weight excluding hydrogens is 354 g/mol. The van der Waals surface area contributed by atoms with Crippen LogP contribution in [0, 0.1) is 15.5 Å². The Morgan fingerprint density at radius 1 is 1.23 bits per heavy atom. The molecule has 2 aromatic carbocycles. The van der Waals surface area contributed by atoms with Gasteiger partial charge in [-0.1, -0.05) is 41.9 Å². The number of esters is 1. The number of allylic oxidation sites excluding steroid dienone is 1. The minimum absolute atomic E-state index is 0.0252. The summed E-state index contributed by atoms with van der Waals surface area (Å²) in [5, 5.41) is 11.5. The fourth-order valence-corrected chi connectivity index (χ4v) is 3.82. The number of halogens is 1. The Kier molecular flexibility index (Phi) is 4.83. The zero-order chi connectivity index (χ0) is 18.9. The van der Waals surface area contributed by atoms with Crippen molar-refractivity contribution in [3.63, 3.8) is 0 Å². The number of carbonyl (C=O) groups excluding carboxylic acids is 1. The molecule has 0 heterocycles. The summed E-state index contributed by atoms with van der Waals surface area (Å²) in [6.45, 7) is 1.90. The van der Waals surface area contributed by atoms with Gasteiger partial charge in [-0.15, -0.1) is 0 Å². The lowest BCUT2D eigenvalue weighted by molar-refractivity contribution is -0.384. The Labute approximate surface area is 156 Å². The summed E-state index contributed by atoms with van der Waals surface area (Å²) in [4.78, 5) is 23.1. The van der Waals surface area contributed by atoms with Crippen LogP contribution in [0.15, 0.2) is 60.2 Å². The number of rotatable bonds is 5. The standard InChI is InChI=1S/C20H18ClNO4/c1-3-17-18(14-6-8-15(21)9-7-14)20(17,19(23)26-2)12-13-4-10-16(11-5-13)22(24)25/h3-11,18H,12H2,1-2H3/b17-3+/t18-,20+/m1/s1. The van der Waals surface area contributed by atoms with Gasteiger partial charge < -0.3 is 4.74 Å². The van der Waals surface area contributed by atoms with Crippen LogP contribution in [-0.4, -0.2) is 18.0 Å². The second kappa shape index (κ2) is 6.92. The van der Waals surface area contributed by atoms with Gasteiger partial charge in [0, 0.05) is 23.1 Å². The predicted octanol–water partition coefficient (Wildman–Crippen LogP) is 4.69. The number of ether oxygens (including phenoxy) is 1. The fraction of sp³-hybridized carbons (Fsp3) is 0.250. The summed E-state index contributed by atoms with van der Waals surface area (Å²) in [5.74, 6) is -0.392. The van der Waals surface area contributed by atoms with Crippen molar-refractivity contribution in [1.82, 2.24) is 0 Å². The van der Waals surface area contributed by atoms with E-state index in [9.17, 15) is 14.9 Å². The maximum absolute atomic E-state index is 12.7. The molecule has 0 bridgehead atoms. The van der Waals surface area contributed by atoms with E-state index >= 15 is 0 Å². The molecule has 134 valence electrons. The van der Waals surface area contributed by atoms with E-state index < -0.39 is 10.3 Å². The average molecular weight is 372 g/mol. The highest BCUT2D eigenvalue weighted by molar-refractivity contribution is 6.30. The predicted molar refractivity (Wildman–Crippen MR) is 99.2 cm³/mol. The smallest absolute Gasteiger partial charge is 0.317 e. The van der Waals surface area contributed by atoms with E-state index in [-0.39, 0.29) is 17.6 Å². The molecule has 0 unspecified atom stereocenters. The van der Waals surface area contributed by atoms with Gasteiger partial charge >= 0.3 is 5.97 Å². The van der Waals surface area contributed by atoms with Crippen LogP contribution < -0.4 is 0 Å². The van der Waals surface area contributed by atoms with Gasteiger partial charge in [-0.25, -0.2) is 0 Å². The summed E-state index contributed by atoms with van der Waals surface area (Å²) in [7, 11) is 1.38. The topological polar surface area (TPSA) is 69.4 Å². The molecular formula is C20H18ClNO4. The molecule has 0 amide bonds. The zero-order valence-corrected chi connectivity index (χ0v) is 15.2. The number of nitro benzene ring substituents is 1. The third-order valence-corrected chi connectivity index (χ3v) is 5.18. The van der Waals surface area contributed by atoms with E-state index in [1.54, 1.807) is 24.3 Å². The highest BCUT2D eigenvalue weighted by Crippen LogP contribution is 2.66. The number of benzene rings is 2. The molecule has 3 rings (SSSR count). The minimum Gasteiger partial charge on any atom is -0.468 e. The number of nitro groups is 1. The van der Waals surface area contributed by atoms with Gasteiger partial charge in [0.05, 0.1) is 12.0 Å². The van der Waals surface area contributed by atoms with Crippen LogP contribution in [0.3, 0.4) is 0 Å². The minimum atomic E-state index is -0.784. The Bertz CT molecular complexity index is 874. The average Bonchev–Trinajstić information content (AvgIpc) is 3.30. The fourth-order valence-electron chi connectivity index (χ4n) is 3.69. The first kappa shape index (κ1) is 18.1. The molecule has 1 fully saturated rings. The first-order valence-electron chi connectivity index (χ1n) is 8.18. The number of methoxy groups -OCH3 is 1. The van der Waals surface area contributed by atoms with E-state index in [0.29, 0.717) is 11.4 Å². The van der Waals surface area contributed by atoms with Gasteiger partial charge in [0.15, 0.2) is 0 Å². The Hall–Kier alpha value is -2.66. The van der Waals surface area contributed by atoms with Crippen molar-refractivity contribution in [2.45, 2.75) is 19.3 Å². The molecule has 2 aromatic rings. The number of hydrogen-bond acceptors (Lipinski definition) is 4. The molecule has 6 heteroatoms. The highest BCUT2D eigenvalue weighted by atomic mass is 35.5. The van der Waals surface area contributed by atoms with Gasteiger partial charge in [0.2, 0.25) is 0 Å². The van der Waals surface area contributed by atoms with Crippen LogP contribution >= 0.6 is 11.6 Å². The second-order valence-electron chi connectivity index (χ2n) is 6.29. The Morgan fingerprint density at radius 3 is 2.35 bits per heavy atom. The third-order valence-electron chi connectivity index (χ3n) is 4.93. The van der Waals surface area contributed by atoms with E-state index in [0.717, 1.165) is 16.7 Å². The van der Waals surface area contributed by atoms with Gasteiger partial charge in [-0.05, 0) is 42.2 Å². The molecule has 26 heavy (non-hydrogen) atoms. The molecule has 0 radical (unpaired) electrons. The summed E-state index contributed by atoms with van der Waals surface area (Å²) in [6, 6.07) is 13.7. The van der Waals surface area contributed by atoms with Crippen molar-refractivity contribution in [2.24, 2.45) is 5.41 Å². The lowest BCUT2D eigenvalue weighted by atomic mass is 9.91. The number of nitrogens with zero attached hydrogens (tertiary/aromatic N) is 1. The van der Waals surface area contributed by atoms with Gasteiger partial charge in [-0.3, -0.25) is 14.9 Å². The van der Waals surface area contributed by atoms with Crippen LogP contribution in [0.1, 0.15) is 24.0 Å². The largest absolute Gasteiger partial charge is 0.468 e. The molecule has 0 N–H and O–H groups in total. The molecule has 1 aliphatic carbocycles. The van der Waals surface area contributed by atoms with Crippen molar-refractivity contribution < 1.29 is 14.5 Å². The number of hydrogen-bond donors (Lipinski definition) is 0. The third kappa shape index (κ3) is 2.99. The summed E-state index contributed by atoms with van der Waals surface area (Å²) in [5.41, 5.74) is 2.07. The lowest BCUT2D eigenvalue weighted by Crippen LogP contribution is -2.22. The van der Waals surface area contributed by atoms with Crippen molar-refractivity contribution in [2.75, 3.05) is 7.11 Å². The molecule has 1 aliphatic rings. The van der Waals surface area contributed by atoms with Crippen LogP contribution in [0.5, 0.6) is 0 Å². The van der Waals surface area contributed by atoms with Crippen LogP contribution in [0.4, 0.5) is 5.69 Å². The maximum Gasteiger partial charge on any atom is 0.317 e. The zero-order valence-electron chi connectivity index (χ0n) is 14.4. The summed E-state index contributed by atoms with van der Waals surface area (Å²) < 4.78 is 5.11. The molecule has 2 atom stereocenters. The van der Waals surface area contributed by atoms with Crippen molar-refractivity contribution in [1.29, 1.82) is 0 Å². The molecule has 0 aromatic heterocycles. The number of non-ortho nitro benzene ring substituents is 1. The van der Waals surface area contributed by atoms with E-state index in [2.05, 4.69) is 0 Å². The monoisotopic (exact) mass is 371 g/mol. The summed E-state index contributed by atoms with van der Waals surface area (Å²) in [6.07, 6.45) is 2.37.